The van der Waals surface area contributed by atoms with E-state index in [1.807, 2.05) is 31.2 Å². The van der Waals surface area contributed by atoms with Crippen molar-refractivity contribution in [3.63, 3.8) is 0 Å². The summed E-state index contributed by atoms with van der Waals surface area (Å²) >= 11 is 0. The van der Waals surface area contributed by atoms with Crippen molar-refractivity contribution in [2.75, 3.05) is 10.6 Å². The Kier molecular flexibility index (Phi) is 6.26. The lowest BCUT2D eigenvalue weighted by Gasteiger charge is -2.13. The topological polar surface area (TPSA) is 117 Å². The molecule has 3 rings (SSSR count). The fraction of sp³-hybridized carbons (Fsp3) is 0.174. The Labute approximate surface area is 179 Å². The van der Waals surface area contributed by atoms with E-state index in [1.165, 1.54) is 0 Å². The van der Waals surface area contributed by atoms with E-state index >= 15 is 0 Å². The molecule has 1 aromatic heterocycles. The molecule has 31 heavy (non-hydrogen) atoms. The highest BCUT2D eigenvalue weighted by Crippen LogP contribution is 2.18. The van der Waals surface area contributed by atoms with Gasteiger partial charge >= 0.3 is 0 Å². The van der Waals surface area contributed by atoms with Gasteiger partial charge in [0, 0.05) is 5.69 Å². The highest BCUT2D eigenvalue weighted by atomic mass is 16.2. The van der Waals surface area contributed by atoms with Crippen molar-refractivity contribution in [1.29, 1.82) is 5.26 Å². The van der Waals surface area contributed by atoms with Gasteiger partial charge in [0.2, 0.25) is 5.91 Å². The standard InChI is InChI=1S/C23H21N5O3/c1-14-7-6-8-17(11-14)25-22(30)18-9-4-5-10-20(18)26-21(29)13-28-23(31)19(12-24)15(2)16(3)27-28/h4-11H,13H2,1-3H3,(H,25,30)(H,26,29). The molecule has 8 heteroatoms. The zero-order chi connectivity index (χ0) is 22.5. The predicted octanol–water partition coefficient (Wildman–Crippen LogP) is 2.93. The van der Waals surface area contributed by atoms with E-state index in [1.54, 1.807) is 44.2 Å². The average molecular weight is 415 g/mol. The van der Waals surface area contributed by atoms with Crippen molar-refractivity contribution in [2.24, 2.45) is 0 Å². The Bertz CT molecular complexity index is 1270. The van der Waals surface area contributed by atoms with Gasteiger partial charge in [-0.25, -0.2) is 4.68 Å². The fourth-order valence-electron chi connectivity index (χ4n) is 3.05. The molecular formula is C23H21N5O3. The average Bonchev–Trinajstić information content (AvgIpc) is 2.73. The van der Waals surface area contributed by atoms with Gasteiger partial charge in [-0.3, -0.25) is 14.4 Å². The van der Waals surface area contributed by atoms with E-state index in [0.717, 1.165) is 10.2 Å². The minimum absolute atomic E-state index is 0.0433. The normalized spacial score (nSPS) is 10.3. The lowest BCUT2D eigenvalue weighted by Crippen LogP contribution is -2.32. The van der Waals surface area contributed by atoms with Crippen LogP contribution in [0.2, 0.25) is 0 Å². The molecule has 0 fully saturated rings. The van der Waals surface area contributed by atoms with Crippen LogP contribution in [-0.2, 0) is 11.3 Å². The number of aromatic nitrogens is 2. The zero-order valence-corrected chi connectivity index (χ0v) is 17.4. The molecule has 0 spiro atoms. The molecule has 0 radical (unpaired) electrons. The van der Waals surface area contributed by atoms with Gasteiger partial charge in [0.05, 0.1) is 16.9 Å². The molecule has 2 aromatic carbocycles. The molecule has 0 aliphatic carbocycles. The Hall–Kier alpha value is -4.25. The molecule has 0 aliphatic heterocycles. The van der Waals surface area contributed by atoms with Crippen LogP contribution in [0.15, 0.2) is 53.3 Å². The molecule has 0 bridgehead atoms. The highest BCUT2D eigenvalue weighted by Gasteiger charge is 2.17. The third-order valence-corrected chi connectivity index (χ3v) is 4.76. The molecule has 2 amide bonds. The number of amides is 2. The Morgan fingerprint density at radius 1 is 1.06 bits per heavy atom. The third-order valence-electron chi connectivity index (χ3n) is 4.76. The molecule has 2 N–H and O–H groups in total. The van der Waals surface area contributed by atoms with E-state index in [-0.39, 0.29) is 23.6 Å². The quantitative estimate of drug-likeness (QED) is 0.664. The SMILES string of the molecule is Cc1cccc(NC(=O)c2ccccc2NC(=O)Cn2nc(C)c(C)c(C#N)c2=O)c1. The largest absolute Gasteiger partial charge is 0.324 e. The van der Waals surface area contributed by atoms with Crippen LogP contribution < -0.4 is 16.2 Å². The second-order valence-electron chi connectivity index (χ2n) is 7.08. The van der Waals surface area contributed by atoms with Crippen LogP contribution in [-0.4, -0.2) is 21.6 Å². The van der Waals surface area contributed by atoms with Crippen molar-refractivity contribution in [1.82, 2.24) is 9.78 Å². The van der Waals surface area contributed by atoms with Gasteiger partial charge in [0.15, 0.2) is 0 Å². The first-order valence-electron chi connectivity index (χ1n) is 9.55. The first-order valence-corrected chi connectivity index (χ1v) is 9.55. The second-order valence-corrected chi connectivity index (χ2v) is 7.08. The third kappa shape index (κ3) is 4.85. The van der Waals surface area contributed by atoms with Crippen molar-refractivity contribution < 1.29 is 9.59 Å². The Balaban J connectivity index is 1.81. The van der Waals surface area contributed by atoms with Gasteiger partial charge in [-0.1, -0.05) is 24.3 Å². The number of hydrogen-bond donors (Lipinski definition) is 2. The summed E-state index contributed by atoms with van der Waals surface area (Å²) in [6.45, 7) is 4.83. The van der Waals surface area contributed by atoms with Gasteiger partial charge < -0.3 is 10.6 Å². The van der Waals surface area contributed by atoms with Crippen LogP contribution in [0.5, 0.6) is 0 Å². The van der Waals surface area contributed by atoms with Gasteiger partial charge in [0.1, 0.15) is 18.2 Å². The van der Waals surface area contributed by atoms with Crippen LogP contribution in [0, 0.1) is 32.1 Å². The summed E-state index contributed by atoms with van der Waals surface area (Å²) in [5.41, 5.74) is 2.52. The Morgan fingerprint density at radius 3 is 2.52 bits per heavy atom. The van der Waals surface area contributed by atoms with Crippen LogP contribution in [0.1, 0.15) is 32.7 Å². The summed E-state index contributed by atoms with van der Waals surface area (Å²) in [7, 11) is 0. The number of anilines is 2. The van der Waals surface area contributed by atoms with Crippen LogP contribution in [0.4, 0.5) is 11.4 Å². The first-order chi connectivity index (χ1) is 14.8. The van der Waals surface area contributed by atoms with E-state index in [2.05, 4.69) is 15.7 Å². The summed E-state index contributed by atoms with van der Waals surface area (Å²) < 4.78 is 0.950. The lowest BCUT2D eigenvalue weighted by atomic mass is 10.1. The summed E-state index contributed by atoms with van der Waals surface area (Å²) in [6, 6.07) is 15.8. The molecule has 1 heterocycles. The van der Waals surface area contributed by atoms with E-state index < -0.39 is 11.5 Å². The minimum Gasteiger partial charge on any atom is -0.324 e. The summed E-state index contributed by atoms with van der Waals surface area (Å²) in [4.78, 5) is 37.7. The predicted molar refractivity (Wildman–Crippen MR) is 117 cm³/mol. The Morgan fingerprint density at radius 2 is 1.81 bits per heavy atom. The molecule has 0 saturated carbocycles. The van der Waals surface area contributed by atoms with Crippen molar-refractivity contribution in [3.05, 3.63) is 86.8 Å². The van der Waals surface area contributed by atoms with Gasteiger partial charge in [0.25, 0.3) is 11.5 Å². The molecule has 0 aliphatic rings. The number of carbonyl (C=O) groups excluding carboxylic acids is 2. The first kappa shape index (κ1) is 21.5. The van der Waals surface area contributed by atoms with Crippen molar-refractivity contribution in [2.45, 2.75) is 27.3 Å². The summed E-state index contributed by atoms with van der Waals surface area (Å²) in [5, 5.41) is 18.8. The number of benzene rings is 2. The van der Waals surface area contributed by atoms with E-state index in [4.69, 9.17) is 0 Å². The number of para-hydroxylation sites is 1. The lowest BCUT2D eigenvalue weighted by molar-refractivity contribution is -0.117. The molecule has 0 unspecified atom stereocenters. The van der Waals surface area contributed by atoms with Crippen LogP contribution >= 0.6 is 0 Å². The molecule has 156 valence electrons. The summed E-state index contributed by atoms with van der Waals surface area (Å²) in [6.07, 6.45) is 0. The number of carbonyl (C=O) groups is 2. The maximum Gasteiger partial charge on any atom is 0.285 e. The maximum atomic E-state index is 12.7. The van der Waals surface area contributed by atoms with Crippen molar-refractivity contribution >= 4 is 23.2 Å². The number of nitrogens with zero attached hydrogens (tertiary/aromatic N) is 3. The molecular weight excluding hydrogens is 394 g/mol. The van der Waals surface area contributed by atoms with Gasteiger partial charge in [-0.05, 0) is 56.2 Å². The van der Waals surface area contributed by atoms with E-state index in [9.17, 15) is 19.6 Å². The monoisotopic (exact) mass is 415 g/mol. The molecule has 3 aromatic rings. The minimum atomic E-state index is -0.633. The highest BCUT2D eigenvalue weighted by molar-refractivity contribution is 6.10. The van der Waals surface area contributed by atoms with Gasteiger partial charge in [-0.2, -0.15) is 10.4 Å². The fourth-order valence-corrected chi connectivity index (χ4v) is 3.05. The zero-order valence-electron chi connectivity index (χ0n) is 17.4. The number of aryl methyl sites for hydroxylation is 2. The number of nitriles is 1. The number of nitrogens with one attached hydrogen (secondary N) is 2. The molecule has 8 nitrogen and oxygen atoms in total. The summed E-state index contributed by atoms with van der Waals surface area (Å²) in [5.74, 6) is -0.924. The number of rotatable bonds is 5. The molecule has 0 saturated heterocycles. The smallest absolute Gasteiger partial charge is 0.285 e. The van der Waals surface area contributed by atoms with E-state index in [0.29, 0.717) is 22.6 Å². The molecule has 0 atom stereocenters. The maximum absolute atomic E-state index is 12.7. The van der Waals surface area contributed by atoms with Crippen LogP contribution in [0.25, 0.3) is 0 Å². The number of hydrogen-bond acceptors (Lipinski definition) is 5. The van der Waals surface area contributed by atoms with Gasteiger partial charge in [-0.15, -0.1) is 0 Å². The second kappa shape index (κ2) is 9.05. The van der Waals surface area contributed by atoms with Crippen LogP contribution in [0.3, 0.4) is 0 Å². The van der Waals surface area contributed by atoms with Crippen molar-refractivity contribution in [3.8, 4) is 6.07 Å².